The zero-order valence-corrected chi connectivity index (χ0v) is 7.91. The monoisotopic (exact) mass is 217 g/mol. The van der Waals surface area contributed by atoms with Crippen LogP contribution in [0.1, 0.15) is 6.23 Å². The van der Waals surface area contributed by atoms with Gasteiger partial charge in [-0.3, -0.25) is 4.57 Å². The van der Waals surface area contributed by atoms with Gasteiger partial charge in [0, 0.05) is 11.9 Å². The van der Waals surface area contributed by atoms with E-state index in [9.17, 15) is 9.18 Å². The van der Waals surface area contributed by atoms with Crippen LogP contribution in [-0.4, -0.2) is 21.0 Å². The van der Waals surface area contributed by atoms with Crippen LogP contribution in [0.25, 0.3) is 0 Å². The maximum atomic E-state index is 12.7. The highest BCUT2D eigenvalue weighted by molar-refractivity contribution is 7.99. The average Bonchev–Trinajstić information content (AvgIpc) is 2.51. The molecule has 0 spiro atoms. The third-order valence-corrected chi connectivity index (χ3v) is 2.65. The summed E-state index contributed by atoms with van der Waals surface area (Å²) >= 11 is 1.01. The molecule has 0 aliphatic carbocycles. The molecule has 5 nitrogen and oxygen atoms in total. The van der Waals surface area contributed by atoms with E-state index < -0.39 is 17.6 Å². The molecule has 76 valence electrons. The highest BCUT2D eigenvalue weighted by atomic mass is 32.2. The first-order valence-electron chi connectivity index (χ1n) is 3.92. The average molecular weight is 217 g/mol. The first kappa shape index (κ1) is 9.47. The number of thioether (sulfide) groups is 1. The van der Waals surface area contributed by atoms with Crippen LogP contribution in [0.2, 0.25) is 0 Å². The molecule has 0 radical (unpaired) electrons. The van der Waals surface area contributed by atoms with E-state index in [4.69, 9.17) is 10.5 Å². The van der Waals surface area contributed by atoms with Crippen LogP contribution in [0.3, 0.4) is 0 Å². The molecule has 2 N–H and O–H groups in total. The van der Waals surface area contributed by atoms with E-state index in [-0.39, 0.29) is 5.82 Å². The van der Waals surface area contributed by atoms with Crippen LogP contribution >= 0.6 is 11.8 Å². The summed E-state index contributed by atoms with van der Waals surface area (Å²) in [5.41, 5.74) is 3.41. The second kappa shape index (κ2) is 3.58. The summed E-state index contributed by atoms with van der Waals surface area (Å²) in [5.74, 6) is 0.542. The zero-order chi connectivity index (χ0) is 10.1. The third kappa shape index (κ3) is 1.73. The predicted octanol–water partition coefficient (Wildman–Crippen LogP) is 0.341. The predicted molar refractivity (Wildman–Crippen MR) is 50.4 cm³/mol. The summed E-state index contributed by atoms with van der Waals surface area (Å²) in [6.07, 6.45) is 0.865. The van der Waals surface area contributed by atoms with Crippen molar-refractivity contribution in [1.29, 1.82) is 0 Å². The first-order chi connectivity index (χ1) is 6.66. The van der Waals surface area contributed by atoms with Crippen molar-refractivity contribution in [2.45, 2.75) is 11.9 Å². The summed E-state index contributed by atoms with van der Waals surface area (Å²) in [6, 6.07) is 1.47. The molecule has 0 bridgehead atoms. The fourth-order valence-corrected chi connectivity index (χ4v) is 1.91. The van der Waals surface area contributed by atoms with Gasteiger partial charge in [0.2, 0.25) is 5.69 Å². The Morgan fingerprint density at radius 2 is 2.57 bits per heavy atom. The molecule has 2 heterocycles. The minimum Gasteiger partial charge on any atom is -0.383 e. The maximum Gasteiger partial charge on any atom is 0.351 e. The number of aromatic nitrogens is 2. The van der Waals surface area contributed by atoms with Crippen molar-refractivity contribution in [3.63, 3.8) is 0 Å². The highest BCUT2D eigenvalue weighted by Crippen LogP contribution is 2.31. The van der Waals surface area contributed by atoms with E-state index >= 15 is 0 Å². The van der Waals surface area contributed by atoms with Crippen molar-refractivity contribution in [2.24, 2.45) is 0 Å². The molecule has 1 fully saturated rings. The van der Waals surface area contributed by atoms with Crippen molar-refractivity contribution >= 4 is 17.6 Å². The Hall–Kier alpha value is -1.08. The van der Waals surface area contributed by atoms with Gasteiger partial charge in [-0.1, -0.05) is 11.8 Å². The molecule has 2 rings (SSSR count). The van der Waals surface area contributed by atoms with Crippen molar-refractivity contribution in [3.05, 3.63) is 22.7 Å². The number of nitrogens with two attached hydrogens (primary N) is 1. The lowest BCUT2D eigenvalue weighted by atomic mass is 10.5. The number of nitrogens with zero attached hydrogens (tertiary/aromatic N) is 2. The summed E-state index contributed by atoms with van der Waals surface area (Å²) in [5, 5.41) is 0. The van der Waals surface area contributed by atoms with Crippen molar-refractivity contribution in [2.75, 3.05) is 11.5 Å². The van der Waals surface area contributed by atoms with E-state index in [0.29, 0.717) is 5.75 Å². The largest absolute Gasteiger partial charge is 0.383 e. The normalized spacial score (nSPS) is 26.6. The van der Waals surface area contributed by atoms with Crippen molar-refractivity contribution in [3.8, 4) is 0 Å². The number of halogens is 1. The van der Waals surface area contributed by atoms with Gasteiger partial charge in [0.05, 0.1) is 0 Å². The molecular formula is C7H8FN3O2S. The maximum absolute atomic E-state index is 12.7. The first-order valence-corrected chi connectivity index (χ1v) is 4.97. The lowest BCUT2D eigenvalue weighted by Gasteiger charge is -2.11. The quantitative estimate of drug-likeness (QED) is 0.734. The number of hydrogen-bond donors (Lipinski definition) is 1. The summed E-state index contributed by atoms with van der Waals surface area (Å²) in [7, 11) is 0. The second-order valence-electron chi connectivity index (χ2n) is 2.74. The number of nitrogen functional groups attached to an aromatic ring is 1. The van der Waals surface area contributed by atoms with Crippen LogP contribution in [0, 0.1) is 0 Å². The van der Waals surface area contributed by atoms with Gasteiger partial charge >= 0.3 is 5.69 Å². The second-order valence-corrected chi connectivity index (χ2v) is 3.78. The Morgan fingerprint density at radius 3 is 3.14 bits per heavy atom. The lowest BCUT2D eigenvalue weighted by molar-refractivity contribution is -0.0407. The van der Waals surface area contributed by atoms with Crippen LogP contribution in [0.5, 0.6) is 0 Å². The van der Waals surface area contributed by atoms with Gasteiger partial charge in [-0.15, -0.1) is 0 Å². The molecule has 14 heavy (non-hydrogen) atoms. The molecule has 0 saturated carbocycles. The van der Waals surface area contributed by atoms with Gasteiger partial charge in [-0.2, -0.15) is 4.98 Å². The van der Waals surface area contributed by atoms with Gasteiger partial charge in [0.25, 0.3) is 0 Å². The minimum atomic E-state index is -1.37. The Labute approximate surface area is 83.1 Å². The van der Waals surface area contributed by atoms with E-state index in [1.165, 1.54) is 16.8 Å². The number of alkyl halides is 1. The van der Waals surface area contributed by atoms with Crippen molar-refractivity contribution in [1.82, 2.24) is 9.55 Å². The number of ether oxygens (including phenoxy) is 1. The summed E-state index contributed by atoms with van der Waals surface area (Å²) < 4.78 is 18.7. The third-order valence-electron chi connectivity index (χ3n) is 1.80. The molecule has 1 aromatic rings. The van der Waals surface area contributed by atoms with E-state index in [1.54, 1.807) is 0 Å². The number of anilines is 1. The molecule has 7 heteroatoms. The molecule has 0 aromatic carbocycles. The molecule has 1 aliphatic heterocycles. The molecule has 0 amide bonds. The van der Waals surface area contributed by atoms with Crippen LogP contribution < -0.4 is 11.4 Å². The van der Waals surface area contributed by atoms with Crippen LogP contribution in [0.15, 0.2) is 17.1 Å². The van der Waals surface area contributed by atoms with Crippen molar-refractivity contribution < 1.29 is 9.13 Å². The molecule has 1 saturated heterocycles. The molecule has 2 atom stereocenters. The Morgan fingerprint density at radius 1 is 1.79 bits per heavy atom. The SMILES string of the molecule is Nc1ccn([C@H]2CS[C@H](F)O2)c(=O)n1. The van der Waals surface area contributed by atoms with E-state index in [2.05, 4.69) is 4.98 Å². The Kier molecular flexibility index (Phi) is 2.42. The topological polar surface area (TPSA) is 70.1 Å². The van der Waals surface area contributed by atoms with Gasteiger partial charge in [-0.25, -0.2) is 9.18 Å². The van der Waals surface area contributed by atoms with Gasteiger partial charge in [0.15, 0.2) is 6.23 Å². The highest BCUT2D eigenvalue weighted by Gasteiger charge is 2.27. The van der Waals surface area contributed by atoms with Gasteiger partial charge < -0.3 is 10.5 Å². The number of rotatable bonds is 1. The Balaban J connectivity index is 2.29. The minimum absolute atomic E-state index is 0.147. The Bertz CT molecular complexity index is 397. The molecule has 1 aromatic heterocycles. The van der Waals surface area contributed by atoms with Crippen LogP contribution in [0.4, 0.5) is 10.2 Å². The molecule has 1 aliphatic rings. The van der Waals surface area contributed by atoms with Crippen LogP contribution in [-0.2, 0) is 4.74 Å². The lowest BCUT2D eigenvalue weighted by Crippen LogP contribution is -2.28. The van der Waals surface area contributed by atoms with Gasteiger partial charge in [-0.05, 0) is 6.07 Å². The fraction of sp³-hybridized carbons (Fsp3) is 0.429. The fourth-order valence-electron chi connectivity index (χ4n) is 1.15. The standard InChI is InChI=1S/C7H8FN3O2S/c8-6-13-5(3-14-6)11-2-1-4(9)10-7(11)12/h1-2,5-6H,3H2,(H2,9,10,12)/t5-,6-/m1/s1. The zero-order valence-electron chi connectivity index (χ0n) is 7.09. The van der Waals surface area contributed by atoms with E-state index in [0.717, 1.165) is 11.8 Å². The van der Waals surface area contributed by atoms with Gasteiger partial charge in [0.1, 0.15) is 5.82 Å². The summed E-state index contributed by atoms with van der Waals surface area (Å²) in [4.78, 5) is 14.8. The summed E-state index contributed by atoms with van der Waals surface area (Å²) in [6.45, 7) is 0. The molecule has 0 unspecified atom stereocenters. The smallest absolute Gasteiger partial charge is 0.351 e. The van der Waals surface area contributed by atoms with E-state index in [1.807, 2.05) is 0 Å². The molecular weight excluding hydrogens is 209 g/mol. The number of hydrogen-bond acceptors (Lipinski definition) is 5.